The van der Waals surface area contributed by atoms with Crippen LogP contribution in [-0.4, -0.2) is 59.5 Å². The molecule has 1 saturated heterocycles. The van der Waals surface area contributed by atoms with E-state index < -0.39 is 29.8 Å². The maximum absolute atomic E-state index is 12.9. The van der Waals surface area contributed by atoms with Gasteiger partial charge in [0.2, 0.25) is 5.91 Å². The van der Waals surface area contributed by atoms with Gasteiger partial charge >= 0.3 is 11.9 Å². The first-order chi connectivity index (χ1) is 12.8. The minimum absolute atomic E-state index is 0.0159. The second-order valence-corrected chi connectivity index (χ2v) is 6.76. The summed E-state index contributed by atoms with van der Waals surface area (Å²) in [4.78, 5) is 49.8. The van der Waals surface area contributed by atoms with Crippen molar-refractivity contribution in [3.63, 3.8) is 0 Å². The number of nitrogens with one attached hydrogen (secondary N) is 1. The third-order valence-corrected chi connectivity index (χ3v) is 4.30. The zero-order valence-electron chi connectivity index (χ0n) is 15.4. The Morgan fingerprint density at radius 2 is 1.93 bits per heavy atom. The van der Waals surface area contributed by atoms with Crippen LogP contribution in [0.15, 0.2) is 24.3 Å². The summed E-state index contributed by atoms with van der Waals surface area (Å²) >= 11 is 0. The van der Waals surface area contributed by atoms with E-state index in [0.29, 0.717) is 12.3 Å². The minimum Gasteiger partial charge on any atom is -0.478 e. The van der Waals surface area contributed by atoms with Crippen molar-refractivity contribution in [2.45, 2.75) is 32.7 Å². The number of carbonyl (C=O) groups is 4. The SMILES string of the molecule is CC(C)CCOC(=O)C[C@H]1C(=O)NCCN1C(=O)c1ccccc1C(=O)O. The molecule has 1 aromatic rings. The van der Waals surface area contributed by atoms with Crippen molar-refractivity contribution in [2.75, 3.05) is 19.7 Å². The molecule has 0 aromatic heterocycles. The molecule has 2 amide bonds. The van der Waals surface area contributed by atoms with E-state index in [9.17, 15) is 24.3 Å². The van der Waals surface area contributed by atoms with Gasteiger partial charge in [0.25, 0.3) is 5.91 Å². The zero-order valence-corrected chi connectivity index (χ0v) is 15.4. The molecule has 0 spiro atoms. The quantitative estimate of drug-likeness (QED) is 0.694. The molecular formula is C19H24N2O6. The number of carboxylic acids is 1. The molecule has 2 N–H and O–H groups in total. The van der Waals surface area contributed by atoms with E-state index in [1.807, 2.05) is 13.8 Å². The molecule has 0 radical (unpaired) electrons. The average molecular weight is 376 g/mol. The van der Waals surface area contributed by atoms with Crippen LogP contribution in [0.4, 0.5) is 0 Å². The molecule has 1 aromatic carbocycles. The highest BCUT2D eigenvalue weighted by Crippen LogP contribution is 2.18. The molecule has 27 heavy (non-hydrogen) atoms. The fourth-order valence-electron chi connectivity index (χ4n) is 2.80. The Labute approximate surface area is 157 Å². The first kappa shape index (κ1) is 20.4. The number of hydrogen-bond acceptors (Lipinski definition) is 5. The van der Waals surface area contributed by atoms with Crippen molar-refractivity contribution in [2.24, 2.45) is 5.92 Å². The Bertz CT molecular complexity index is 731. The van der Waals surface area contributed by atoms with Gasteiger partial charge in [0.15, 0.2) is 0 Å². The first-order valence-electron chi connectivity index (χ1n) is 8.88. The lowest BCUT2D eigenvalue weighted by molar-refractivity contribution is -0.148. The largest absolute Gasteiger partial charge is 0.478 e. The maximum atomic E-state index is 12.9. The van der Waals surface area contributed by atoms with Gasteiger partial charge < -0.3 is 20.1 Å². The number of aromatic carboxylic acids is 1. The summed E-state index contributed by atoms with van der Waals surface area (Å²) in [6, 6.07) is 4.77. The number of amides is 2. The van der Waals surface area contributed by atoms with Crippen LogP contribution in [0.3, 0.4) is 0 Å². The number of piperazine rings is 1. The topological polar surface area (TPSA) is 113 Å². The lowest BCUT2D eigenvalue weighted by atomic mass is 10.0. The van der Waals surface area contributed by atoms with Gasteiger partial charge in [-0.2, -0.15) is 0 Å². The van der Waals surface area contributed by atoms with E-state index in [1.165, 1.54) is 23.1 Å². The highest BCUT2D eigenvalue weighted by Gasteiger charge is 2.36. The van der Waals surface area contributed by atoms with Gasteiger partial charge in [-0.25, -0.2) is 4.79 Å². The molecule has 0 unspecified atom stereocenters. The standard InChI is InChI=1S/C19H24N2O6/c1-12(2)7-10-27-16(22)11-15-17(23)20-8-9-21(15)18(24)13-5-3-4-6-14(13)19(25)26/h3-6,12,15H,7-11H2,1-2H3,(H,20,23)(H,25,26)/t15-/m0/s1. The molecule has 8 heteroatoms. The molecule has 2 rings (SSSR count). The number of hydrogen-bond donors (Lipinski definition) is 2. The third-order valence-electron chi connectivity index (χ3n) is 4.30. The van der Waals surface area contributed by atoms with E-state index in [-0.39, 0.29) is 37.2 Å². The number of nitrogens with zero attached hydrogens (tertiary/aromatic N) is 1. The van der Waals surface area contributed by atoms with Crippen LogP contribution in [0.1, 0.15) is 47.4 Å². The Hall–Kier alpha value is -2.90. The molecule has 1 aliphatic heterocycles. The van der Waals surface area contributed by atoms with E-state index in [2.05, 4.69) is 5.32 Å². The maximum Gasteiger partial charge on any atom is 0.336 e. The van der Waals surface area contributed by atoms with Gasteiger partial charge in [-0.05, 0) is 24.5 Å². The van der Waals surface area contributed by atoms with Crippen molar-refractivity contribution in [3.05, 3.63) is 35.4 Å². The molecule has 0 bridgehead atoms. The van der Waals surface area contributed by atoms with Crippen molar-refractivity contribution >= 4 is 23.8 Å². The van der Waals surface area contributed by atoms with E-state index in [1.54, 1.807) is 6.07 Å². The second kappa shape index (κ2) is 9.16. The molecule has 1 heterocycles. The Kier molecular flexibility index (Phi) is 6.92. The van der Waals surface area contributed by atoms with Crippen molar-refractivity contribution in [3.8, 4) is 0 Å². The molecule has 1 aliphatic rings. The first-order valence-corrected chi connectivity index (χ1v) is 8.88. The smallest absolute Gasteiger partial charge is 0.336 e. The molecule has 146 valence electrons. The van der Waals surface area contributed by atoms with Crippen molar-refractivity contribution in [1.82, 2.24) is 10.2 Å². The van der Waals surface area contributed by atoms with Crippen molar-refractivity contribution < 1.29 is 29.0 Å². The van der Waals surface area contributed by atoms with Crippen LogP contribution in [0.25, 0.3) is 0 Å². The van der Waals surface area contributed by atoms with Gasteiger partial charge in [0.1, 0.15) is 6.04 Å². The lowest BCUT2D eigenvalue weighted by Crippen LogP contribution is -2.58. The van der Waals surface area contributed by atoms with E-state index in [4.69, 9.17) is 4.74 Å². The van der Waals surface area contributed by atoms with Crippen LogP contribution in [-0.2, 0) is 14.3 Å². The number of carbonyl (C=O) groups excluding carboxylic acids is 3. The highest BCUT2D eigenvalue weighted by molar-refractivity contribution is 6.06. The highest BCUT2D eigenvalue weighted by atomic mass is 16.5. The van der Waals surface area contributed by atoms with Gasteiger partial charge in [-0.1, -0.05) is 26.0 Å². The summed E-state index contributed by atoms with van der Waals surface area (Å²) in [5, 5.41) is 11.9. The summed E-state index contributed by atoms with van der Waals surface area (Å²) in [5.41, 5.74) is -0.162. The fourth-order valence-corrected chi connectivity index (χ4v) is 2.80. The summed E-state index contributed by atoms with van der Waals surface area (Å²) in [7, 11) is 0. The van der Waals surface area contributed by atoms with Gasteiger partial charge in [-0.3, -0.25) is 14.4 Å². The van der Waals surface area contributed by atoms with Crippen LogP contribution in [0, 0.1) is 5.92 Å². The Morgan fingerprint density at radius 3 is 2.56 bits per heavy atom. The lowest BCUT2D eigenvalue weighted by Gasteiger charge is -2.34. The summed E-state index contributed by atoms with van der Waals surface area (Å²) in [5.74, 6) is -2.47. The Morgan fingerprint density at radius 1 is 1.26 bits per heavy atom. The fraction of sp³-hybridized carbons (Fsp3) is 0.474. The van der Waals surface area contributed by atoms with Crippen LogP contribution in [0.5, 0.6) is 0 Å². The average Bonchev–Trinajstić information content (AvgIpc) is 2.62. The van der Waals surface area contributed by atoms with Gasteiger partial charge in [0.05, 0.1) is 24.2 Å². The number of rotatable bonds is 7. The molecule has 0 aliphatic carbocycles. The van der Waals surface area contributed by atoms with Crippen LogP contribution in [0.2, 0.25) is 0 Å². The van der Waals surface area contributed by atoms with E-state index >= 15 is 0 Å². The van der Waals surface area contributed by atoms with Crippen LogP contribution >= 0.6 is 0 Å². The predicted molar refractivity (Wildman–Crippen MR) is 96.3 cm³/mol. The number of ether oxygens (including phenoxy) is 1. The predicted octanol–water partition coefficient (Wildman–Crippen LogP) is 1.30. The van der Waals surface area contributed by atoms with Gasteiger partial charge in [0, 0.05) is 13.1 Å². The number of carboxylic acid groups (broad SMARTS) is 1. The monoisotopic (exact) mass is 376 g/mol. The number of esters is 1. The molecule has 1 atom stereocenters. The summed E-state index contributed by atoms with van der Waals surface area (Å²) in [6.45, 7) is 4.67. The normalized spacial score (nSPS) is 16.8. The molecule has 0 saturated carbocycles. The minimum atomic E-state index is -1.23. The van der Waals surface area contributed by atoms with Gasteiger partial charge in [-0.15, -0.1) is 0 Å². The summed E-state index contributed by atoms with van der Waals surface area (Å²) in [6.07, 6.45) is 0.433. The second-order valence-electron chi connectivity index (χ2n) is 6.76. The summed E-state index contributed by atoms with van der Waals surface area (Å²) < 4.78 is 5.15. The van der Waals surface area contributed by atoms with E-state index in [0.717, 1.165) is 0 Å². The van der Waals surface area contributed by atoms with Crippen LogP contribution < -0.4 is 5.32 Å². The third kappa shape index (κ3) is 5.29. The molecule has 1 fully saturated rings. The zero-order chi connectivity index (χ0) is 20.0. The number of benzene rings is 1. The van der Waals surface area contributed by atoms with Crippen molar-refractivity contribution in [1.29, 1.82) is 0 Å². The molecular weight excluding hydrogens is 352 g/mol. The Balaban J connectivity index is 2.16. The molecule has 8 nitrogen and oxygen atoms in total.